The average Bonchev–Trinajstić information content (AvgIpc) is 2.74. The van der Waals surface area contributed by atoms with Crippen molar-refractivity contribution >= 4 is 22.6 Å². The molecule has 0 aliphatic heterocycles. The largest absolute Gasteiger partial charge is 0.505 e. The number of hydrogen-bond acceptors (Lipinski definition) is 7. The van der Waals surface area contributed by atoms with Gasteiger partial charge < -0.3 is 25.1 Å². The number of amides is 1. The standard InChI is InChI=1S/C21H21N3O6/c1-24(29-2)12-17-16-10-14(30-13-6-4-3-5-7-13)8-9-15(16)20(27)19(23-17)21(28)22-11-18(25)26/h3-10,27H,11-12H2,1-2H3,(H,22,28)(H,25,26). The monoisotopic (exact) mass is 411 g/mol. The zero-order valence-electron chi connectivity index (χ0n) is 16.5. The molecule has 0 saturated carbocycles. The highest BCUT2D eigenvalue weighted by Crippen LogP contribution is 2.34. The molecule has 1 aromatic heterocycles. The van der Waals surface area contributed by atoms with Crippen LogP contribution in [0.15, 0.2) is 48.5 Å². The maximum absolute atomic E-state index is 12.4. The molecule has 3 aromatic rings. The minimum Gasteiger partial charge on any atom is -0.505 e. The predicted octanol–water partition coefficient (Wildman–Crippen LogP) is 2.54. The summed E-state index contributed by atoms with van der Waals surface area (Å²) in [5, 5.41) is 24.1. The van der Waals surface area contributed by atoms with E-state index in [1.54, 1.807) is 25.2 Å². The number of pyridine rings is 1. The highest BCUT2D eigenvalue weighted by molar-refractivity contribution is 6.03. The number of benzene rings is 2. The lowest BCUT2D eigenvalue weighted by Crippen LogP contribution is -2.30. The van der Waals surface area contributed by atoms with Crippen LogP contribution in [0.25, 0.3) is 10.8 Å². The molecule has 0 aliphatic carbocycles. The fraction of sp³-hybridized carbons (Fsp3) is 0.190. The zero-order valence-corrected chi connectivity index (χ0v) is 16.5. The van der Waals surface area contributed by atoms with E-state index in [1.807, 2.05) is 30.3 Å². The lowest BCUT2D eigenvalue weighted by atomic mass is 10.1. The summed E-state index contributed by atoms with van der Waals surface area (Å²) in [5.41, 5.74) is 0.186. The third-order valence-corrected chi connectivity index (χ3v) is 4.31. The van der Waals surface area contributed by atoms with Crippen molar-refractivity contribution in [2.24, 2.45) is 0 Å². The third-order valence-electron chi connectivity index (χ3n) is 4.31. The van der Waals surface area contributed by atoms with Crippen LogP contribution in [0, 0.1) is 0 Å². The SMILES string of the molecule is CON(C)Cc1nc(C(=O)NCC(=O)O)c(O)c2ccc(Oc3ccccc3)cc12. The van der Waals surface area contributed by atoms with Crippen LogP contribution in [0.2, 0.25) is 0 Å². The van der Waals surface area contributed by atoms with E-state index in [-0.39, 0.29) is 18.0 Å². The minimum atomic E-state index is -1.20. The van der Waals surface area contributed by atoms with E-state index in [9.17, 15) is 14.7 Å². The second kappa shape index (κ2) is 9.21. The van der Waals surface area contributed by atoms with E-state index in [0.29, 0.717) is 28.0 Å². The number of aliphatic carboxylic acids is 1. The molecule has 0 atom stereocenters. The van der Waals surface area contributed by atoms with Crippen LogP contribution in [0.4, 0.5) is 0 Å². The summed E-state index contributed by atoms with van der Waals surface area (Å²) < 4.78 is 5.86. The Morgan fingerprint density at radius 3 is 2.50 bits per heavy atom. The second-order valence-corrected chi connectivity index (χ2v) is 6.42. The first-order chi connectivity index (χ1) is 14.4. The number of aromatic nitrogens is 1. The van der Waals surface area contributed by atoms with Gasteiger partial charge in [0.2, 0.25) is 0 Å². The fourth-order valence-corrected chi connectivity index (χ4v) is 2.83. The molecule has 1 amide bonds. The Labute approximate surface area is 172 Å². The molecule has 9 heteroatoms. The van der Waals surface area contributed by atoms with Crippen molar-refractivity contribution in [1.29, 1.82) is 0 Å². The lowest BCUT2D eigenvalue weighted by molar-refractivity contribution is -0.135. The van der Waals surface area contributed by atoms with Gasteiger partial charge >= 0.3 is 5.97 Å². The predicted molar refractivity (Wildman–Crippen MR) is 108 cm³/mol. The van der Waals surface area contributed by atoms with Crippen molar-refractivity contribution < 1.29 is 29.4 Å². The van der Waals surface area contributed by atoms with Crippen molar-refractivity contribution in [3.8, 4) is 17.2 Å². The van der Waals surface area contributed by atoms with Crippen molar-refractivity contribution in [2.45, 2.75) is 6.54 Å². The maximum atomic E-state index is 12.4. The van der Waals surface area contributed by atoms with Gasteiger partial charge in [-0.1, -0.05) is 18.2 Å². The van der Waals surface area contributed by atoms with Crippen LogP contribution >= 0.6 is 0 Å². The van der Waals surface area contributed by atoms with Crippen LogP contribution in [0.3, 0.4) is 0 Å². The number of nitrogens with one attached hydrogen (secondary N) is 1. The van der Waals surface area contributed by atoms with Gasteiger partial charge in [-0.05, 0) is 30.3 Å². The Kier molecular flexibility index (Phi) is 6.45. The number of ether oxygens (including phenoxy) is 1. The second-order valence-electron chi connectivity index (χ2n) is 6.42. The molecular weight excluding hydrogens is 390 g/mol. The molecular formula is C21H21N3O6. The third kappa shape index (κ3) is 4.83. The van der Waals surface area contributed by atoms with Crippen LogP contribution < -0.4 is 10.1 Å². The first-order valence-electron chi connectivity index (χ1n) is 9.02. The molecule has 1 heterocycles. The quantitative estimate of drug-likeness (QED) is 0.484. The van der Waals surface area contributed by atoms with Crippen molar-refractivity contribution in [3.05, 3.63) is 59.9 Å². The van der Waals surface area contributed by atoms with Gasteiger partial charge in [-0.15, -0.1) is 0 Å². The van der Waals surface area contributed by atoms with E-state index in [4.69, 9.17) is 14.7 Å². The van der Waals surface area contributed by atoms with Crippen molar-refractivity contribution in [3.63, 3.8) is 0 Å². The molecule has 0 saturated heterocycles. The average molecular weight is 411 g/mol. The molecule has 0 spiro atoms. The summed E-state index contributed by atoms with van der Waals surface area (Å²) in [7, 11) is 3.18. The molecule has 2 aromatic carbocycles. The number of rotatable bonds is 8. The van der Waals surface area contributed by atoms with Crippen molar-refractivity contribution in [1.82, 2.24) is 15.4 Å². The molecule has 156 valence electrons. The van der Waals surface area contributed by atoms with Crippen molar-refractivity contribution in [2.75, 3.05) is 20.7 Å². The van der Waals surface area contributed by atoms with E-state index >= 15 is 0 Å². The Hall–Kier alpha value is -3.69. The number of carbonyl (C=O) groups is 2. The molecule has 30 heavy (non-hydrogen) atoms. The van der Waals surface area contributed by atoms with Crippen LogP contribution in [0.5, 0.6) is 17.2 Å². The topological polar surface area (TPSA) is 121 Å². The molecule has 0 fully saturated rings. The van der Waals surface area contributed by atoms with Crippen LogP contribution in [-0.2, 0) is 16.2 Å². The zero-order chi connectivity index (χ0) is 21.7. The number of para-hydroxylation sites is 1. The Bertz CT molecular complexity index is 1070. The molecule has 9 nitrogen and oxygen atoms in total. The van der Waals surface area contributed by atoms with Gasteiger partial charge in [0.05, 0.1) is 19.3 Å². The molecule has 3 rings (SSSR count). The molecule has 0 unspecified atom stereocenters. The van der Waals surface area contributed by atoms with Gasteiger partial charge in [-0.3, -0.25) is 9.59 Å². The van der Waals surface area contributed by atoms with Crippen LogP contribution in [0.1, 0.15) is 16.2 Å². The number of carboxylic acid groups (broad SMARTS) is 1. The molecule has 0 bridgehead atoms. The summed E-state index contributed by atoms with van der Waals surface area (Å²) in [4.78, 5) is 32.5. The van der Waals surface area contributed by atoms with E-state index in [0.717, 1.165) is 0 Å². The number of nitrogens with zero attached hydrogens (tertiary/aromatic N) is 2. The van der Waals surface area contributed by atoms with E-state index in [2.05, 4.69) is 10.3 Å². The highest BCUT2D eigenvalue weighted by atomic mass is 16.7. The summed E-state index contributed by atoms with van der Waals surface area (Å²) in [6.45, 7) is -0.379. The van der Waals surface area contributed by atoms with Gasteiger partial charge in [-0.2, -0.15) is 5.06 Å². The van der Waals surface area contributed by atoms with E-state index < -0.39 is 18.4 Å². The summed E-state index contributed by atoms with van der Waals surface area (Å²) >= 11 is 0. The normalized spacial score (nSPS) is 10.9. The molecule has 3 N–H and O–H groups in total. The first-order valence-corrected chi connectivity index (χ1v) is 9.02. The van der Waals surface area contributed by atoms with Gasteiger partial charge in [0, 0.05) is 17.8 Å². The number of aromatic hydroxyl groups is 1. The lowest BCUT2D eigenvalue weighted by Gasteiger charge is -2.17. The Morgan fingerprint density at radius 1 is 1.10 bits per heavy atom. The number of carboxylic acids is 1. The smallest absolute Gasteiger partial charge is 0.322 e. The first kappa shape index (κ1) is 21.0. The summed E-state index contributed by atoms with van der Waals surface area (Å²) in [5.74, 6) is -1.16. The minimum absolute atomic E-state index is 0.210. The maximum Gasteiger partial charge on any atom is 0.322 e. The van der Waals surface area contributed by atoms with Gasteiger partial charge in [0.1, 0.15) is 18.0 Å². The van der Waals surface area contributed by atoms with Gasteiger partial charge in [0.15, 0.2) is 11.4 Å². The van der Waals surface area contributed by atoms with Gasteiger partial charge in [-0.25, -0.2) is 4.98 Å². The molecule has 0 radical (unpaired) electrons. The summed E-state index contributed by atoms with van der Waals surface area (Å²) in [6, 6.07) is 14.2. The van der Waals surface area contributed by atoms with Crippen LogP contribution in [-0.4, -0.2) is 52.8 Å². The Morgan fingerprint density at radius 2 is 1.83 bits per heavy atom. The highest BCUT2D eigenvalue weighted by Gasteiger charge is 2.21. The number of hydroxylamine groups is 2. The molecule has 0 aliphatic rings. The van der Waals surface area contributed by atoms with E-state index in [1.165, 1.54) is 12.2 Å². The number of carbonyl (C=O) groups excluding carboxylic acids is 1. The Balaban J connectivity index is 2.06. The number of hydrogen-bond donors (Lipinski definition) is 3. The number of fused-ring (bicyclic) bond motifs is 1. The summed E-state index contributed by atoms with van der Waals surface area (Å²) in [6.07, 6.45) is 0. The fourth-order valence-electron chi connectivity index (χ4n) is 2.83. The van der Waals surface area contributed by atoms with Gasteiger partial charge in [0.25, 0.3) is 5.91 Å².